The zero-order chi connectivity index (χ0) is 13.0. The lowest BCUT2D eigenvalue weighted by atomic mass is 9.87. The Morgan fingerprint density at radius 2 is 1.33 bits per heavy atom. The molecule has 2 aliphatic rings. The second-order valence-electron chi connectivity index (χ2n) is 5.87. The Kier molecular flexibility index (Phi) is 4.82. The van der Waals surface area contributed by atoms with E-state index in [1.807, 2.05) is 0 Å². The molecule has 0 radical (unpaired) electrons. The second-order valence-corrected chi connectivity index (χ2v) is 8.15. The fourth-order valence-electron chi connectivity index (χ4n) is 3.28. The van der Waals surface area contributed by atoms with Crippen molar-refractivity contribution in [3.8, 4) is 0 Å². The van der Waals surface area contributed by atoms with Gasteiger partial charge in [-0.25, -0.2) is 8.42 Å². The summed E-state index contributed by atoms with van der Waals surface area (Å²) in [6.07, 6.45) is 9.84. The summed E-state index contributed by atoms with van der Waals surface area (Å²) in [5, 5.41) is -0.237. The quantitative estimate of drug-likeness (QED) is 0.790. The Labute approximate surface area is 110 Å². The van der Waals surface area contributed by atoms with Gasteiger partial charge in [0.15, 0.2) is 15.6 Å². The van der Waals surface area contributed by atoms with Gasteiger partial charge in [0.1, 0.15) is 5.75 Å². The van der Waals surface area contributed by atoms with E-state index in [0.29, 0.717) is 0 Å². The van der Waals surface area contributed by atoms with Gasteiger partial charge in [0.2, 0.25) is 0 Å². The van der Waals surface area contributed by atoms with E-state index >= 15 is 0 Å². The average molecular weight is 272 g/mol. The number of sulfone groups is 1. The molecule has 18 heavy (non-hydrogen) atoms. The number of Topliss-reactive ketones (excluding diaryl/α,β-unsaturated/α-hetero) is 1. The van der Waals surface area contributed by atoms with Crippen molar-refractivity contribution >= 4 is 15.6 Å². The molecule has 0 bridgehead atoms. The minimum absolute atomic E-state index is 0.0136. The van der Waals surface area contributed by atoms with Crippen LogP contribution in [0.4, 0.5) is 0 Å². The Bertz CT molecular complexity index is 374. The van der Waals surface area contributed by atoms with Crippen LogP contribution in [-0.2, 0) is 14.6 Å². The second kappa shape index (κ2) is 6.18. The summed E-state index contributed by atoms with van der Waals surface area (Å²) < 4.78 is 24.4. The third-order valence-electron chi connectivity index (χ3n) is 4.46. The Hall–Kier alpha value is -0.380. The van der Waals surface area contributed by atoms with Gasteiger partial charge >= 0.3 is 0 Å². The lowest BCUT2D eigenvalue weighted by Gasteiger charge is -2.24. The molecule has 2 rings (SSSR count). The van der Waals surface area contributed by atoms with Gasteiger partial charge in [-0.3, -0.25) is 4.79 Å². The van der Waals surface area contributed by atoms with Crippen LogP contribution >= 0.6 is 0 Å². The normalized spacial score (nSPS) is 24.0. The van der Waals surface area contributed by atoms with E-state index in [1.54, 1.807) is 0 Å². The van der Waals surface area contributed by atoms with Gasteiger partial charge in [-0.1, -0.05) is 38.5 Å². The molecule has 0 heterocycles. The van der Waals surface area contributed by atoms with Gasteiger partial charge in [-0.2, -0.15) is 0 Å². The Balaban J connectivity index is 1.92. The van der Waals surface area contributed by atoms with Crippen LogP contribution in [0.3, 0.4) is 0 Å². The molecule has 3 nitrogen and oxygen atoms in total. The maximum atomic E-state index is 12.2. The fourth-order valence-corrected chi connectivity index (χ4v) is 5.20. The molecule has 0 N–H and O–H groups in total. The van der Waals surface area contributed by atoms with Gasteiger partial charge in [0.05, 0.1) is 5.25 Å². The molecule has 0 aliphatic heterocycles. The molecule has 0 atom stereocenters. The first-order valence-electron chi connectivity index (χ1n) is 7.34. The Morgan fingerprint density at radius 1 is 0.833 bits per heavy atom. The molecule has 0 amide bonds. The maximum absolute atomic E-state index is 12.2. The van der Waals surface area contributed by atoms with E-state index in [0.717, 1.165) is 57.8 Å². The minimum atomic E-state index is -3.18. The van der Waals surface area contributed by atoms with E-state index in [9.17, 15) is 13.2 Å². The predicted octanol–water partition coefficient (Wildman–Crippen LogP) is 2.88. The van der Waals surface area contributed by atoms with E-state index < -0.39 is 9.84 Å². The number of ketones is 1. The highest BCUT2D eigenvalue weighted by atomic mass is 32.2. The summed E-state index contributed by atoms with van der Waals surface area (Å²) in [5.41, 5.74) is 0. The standard InChI is InChI=1S/C14H24O3S/c15-14(12-7-3-1-4-8-12)11-18(16,17)13-9-5-2-6-10-13/h12-13H,1-11H2. The molecular weight excluding hydrogens is 248 g/mol. The molecule has 0 aromatic carbocycles. The maximum Gasteiger partial charge on any atom is 0.160 e. The topological polar surface area (TPSA) is 51.2 Å². The van der Waals surface area contributed by atoms with Crippen molar-refractivity contribution in [2.24, 2.45) is 5.92 Å². The summed E-state index contributed by atoms with van der Waals surface area (Å²) in [4.78, 5) is 12.1. The highest BCUT2D eigenvalue weighted by Gasteiger charge is 2.32. The average Bonchev–Trinajstić information content (AvgIpc) is 2.40. The van der Waals surface area contributed by atoms with Crippen molar-refractivity contribution in [1.82, 2.24) is 0 Å². The van der Waals surface area contributed by atoms with Crippen LogP contribution in [-0.4, -0.2) is 25.2 Å². The van der Waals surface area contributed by atoms with Crippen LogP contribution in [0.2, 0.25) is 0 Å². The summed E-state index contributed by atoms with van der Waals surface area (Å²) in [6.45, 7) is 0. The lowest BCUT2D eigenvalue weighted by molar-refractivity contribution is -0.121. The zero-order valence-electron chi connectivity index (χ0n) is 11.1. The van der Waals surface area contributed by atoms with Gasteiger partial charge in [0, 0.05) is 5.92 Å². The van der Waals surface area contributed by atoms with Crippen molar-refractivity contribution in [2.75, 3.05) is 5.75 Å². The van der Waals surface area contributed by atoms with Gasteiger partial charge in [-0.05, 0) is 25.7 Å². The van der Waals surface area contributed by atoms with E-state index in [1.165, 1.54) is 6.42 Å². The minimum Gasteiger partial charge on any atom is -0.298 e. The number of rotatable bonds is 4. The van der Waals surface area contributed by atoms with Gasteiger partial charge in [0.25, 0.3) is 0 Å². The summed E-state index contributed by atoms with van der Waals surface area (Å²) >= 11 is 0. The highest BCUT2D eigenvalue weighted by molar-refractivity contribution is 7.92. The number of carbonyl (C=O) groups excluding carboxylic acids is 1. The highest BCUT2D eigenvalue weighted by Crippen LogP contribution is 2.28. The van der Waals surface area contributed by atoms with Gasteiger partial charge in [-0.15, -0.1) is 0 Å². The van der Waals surface area contributed by atoms with Crippen LogP contribution in [0.5, 0.6) is 0 Å². The molecule has 0 unspecified atom stereocenters. The smallest absolute Gasteiger partial charge is 0.160 e. The molecule has 0 aromatic heterocycles. The van der Waals surface area contributed by atoms with Crippen molar-refractivity contribution in [3.05, 3.63) is 0 Å². The number of hydrogen-bond donors (Lipinski definition) is 0. The van der Waals surface area contributed by atoms with E-state index in [4.69, 9.17) is 0 Å². The van der Waals surface area contributed by atoms with Crippen LogP contribution in [0.1, 0.15) is 64.2 Å². The monoisotopic (exact) mass is 272 g/mol. The molecule has 2 saturated carbocycles. The first-order valence-corrected chi connectivity index (χ1v) is 9.05. The van der Waals surface area contributed by atoms with Crippen molar-refractivity contribution in [3.63, 3.8) is 0 Å². The third kappa shape index (κ3) is 3.56. The van der Waals surface area contributed by atoms with Crippen molar-refractivity contribution in [2.45, 2.75) is 69.5 Å². The fraction of sp³-hybridized carbons (Fsp3) is 0.929. The molecule has 0 aromatic rings. The zero-order valence-corrected chi connectivity index (χ0v) is 11.9. The third-order valence-corrected chi connectivity index (χ3v) is 6.64. The molecular formula is C14H24O3S. The van der Waals surface area contributed by atoms with Crippen LogP contribution in [0.25, 0.3) is 0 Å². The molecule has 4 heteroatoms. The van der Waals surface area contributed by atoms with E-state index in [2.05, 4.69) is 0 Å². The van der Waals surface area contributed by atoms with Crippen LogP contribution in [0.15, 0.2) is 0 Å². The predicted molar refractivity (Wildman–Crippen MR) is 72.2 cm³/mol. The number of carbonyl (C=O) groups is 1. The SMILES string of the molecule is O=C(CS(=O)(=O)C1CCCCC1)C1CCCCC1. The summed E-state index contributed by atoms with van der Waals surface area (Å²) in [5.74, 6) is -0.181. The van der Waals surface area contributed by atoms with Crippen LogP contribution in [0, 0.1) is 5.92 Å². The molecule has 2 aliphatic carbocycles. The first kappa shape index (κ1) is 14.0. The molecule has 0 spiro atoms. The van der Waals surface area contributed by atoms with Crippen LogP contribution < -0.4 is 0 Å². The molecule has 0 saturated heterocycles. The molecule has 2 fully saturated rings. The first-order chi connectivity index (χ1) is 8.59. The van der Waals surface area contributed by atoms with Crippen molar-refractivity contribution < 1.29 is 13.2 Å². The lowest BCUT2D eigenvalue weighted by Crippen LogP contribution is -2.33. The van der Waals surface area contributed by atoms with Crippen molar-refractivity contribution in [1.29, 1.82) is 0 Å². The summed E-state index contributed by atoms with van der Waals surface area (Å²) in [6, 6.07) is 0. The number of hydrogen-bond acceptors (Lipinski definition) is 3. The molecule has 104 valence electrons. The van der Waals surface area contributed by atoms with E-state index in [-0.39, 0.29) is 22.7 Å². The van der Waals surface area contributed by atoms with Gasteiger partial charge < -0.3 is 0 Å². The largest absolute Gasteiger partial charge is 0.298 e. The summed E-state index contributed by atoms with van der Waals surface area (Å²) in [7, 11) is -3.18. The Morgan fingerprint density at radius 3 is 1.89 bits per heavy atom.